The van der Waals surface area contributed by atoms with E-state index in [0.29, 0.717) is 0 Å². The van der Waals surface area contributed by atoms with Gasteiger partial charge in [0, 0.05) is 6.54 Å². The van der Waals surface area contributed by atoms with Crippen molar-refractivity contribution in [1.82, 2.24) is 14.9 Å². The molecule has 0 saturated carbocycles. The van der Waals surface area contributed by atoms with Crippen molar-refractivity contribution in [2.45, 2.75) is 51.6 Å². The summed E-state index contributed by atoms with van der Waals surface area (Å²) in [6.07, 6.45) is 10.0. The smallest absolute Gasteiger partial charge is 0.240 e. The minimum Gasteiger partial charge on any atom is -0.341 e. The Balaban J connectivity index is 1.78. The van der Waals surface area contributed by atoms with Crippen molar-refractivity contribution < 1.29 is 4.79 Å². The summed E-state index contributed by atoms with van der Waals surface area (Å²) in [5.41, 5.74) is 8.38. The molecule has 1 fully saturated rings. The Morgan fingerprint density at radius 1 is 1.42 bits per heavy atom. The molecule has 1 aliphatic carbocycles. The number of hydrogen-bond donors (Lipinski definition) is 2. The Kier molecular flexibility index (Phi) is 5.25. The van der Waals surface area contributed by atoms with Gasteiger partial charge in [-0.25, -0.2) is 4.98 Å². The summed E-state index contributed by atoms with van der Waals surface area (Å²) in [6.45, 7) is 4.73. The molecule has 0 bridgehead atoms. The third-order valence-corrected chi connectivity index (χ3v) is 5.56. The lowest BCUT2D eigenvalue weighted by Crippen LogP contribution is -2.46. The van der Waals surface area contributed by atoms with Gasteiger partial charge in [0.15, 0.2) is 0 Å². The Labute approximate surface area is 151 Å². The van der Waals surface area contributed by atoms with E-state index in [-0.39, 0.29) is 17.9 Å². The average Bonchev–Trinajstić information content (AvgIpc) is 3.22. The fourth-order valence-electron chi connectivity index (χ4n) is 3.30. The van der Waals surface area contributed by atoms with E-state index in [1.54, 1.807) is 0 Å². The number of imidazole rings is 1. The Hall–Kier alpha value is -1.40. The van der Waals surface area contributed by atoms with Crippen LogP contribution in [0, 0.1) is 5.92 Å². The normalized spacial score (nSPS) is 22.5. The van der Waals surface area contributed by atoms with Crippen LogP contribution in [0.2, 0.25) is 0 Å². The summed E-state index contributed by atoms with van der Waals surface area (Å²) >= 11 is 3.53. The molecular formula is C18H25BrN4O. The molecular weight excluding hydrogens is 368 g/mol. The van der Waals surface area contributed by atoms with Gasteiger partial charge >= 0.3 is 0 Å². The Morgan fingerprint density at radius 3 is 2.88 bits per heavy atom. The minimum absolute atomic E-state index is 0.0162. The number of likely N-dealkylation sites (tertiary alicyclic amines) is 1. The average molecular weight is 393 g/mol. The van der Waals surface area contributed by atoms with E-state index < -0.39 is 6.04 Å². The summed E-state index contributed by atoms with van der Waals surface area (Å²) in [5, 5.41) is 0. The van der Waals surface area contributed by atoms with E-state index in [4.69, 9.17) is 5.73 Å². The SMILES string of the molecule is CC(C)C(N)C(=O)N1CCCC1c1ncc(C2=CC=C(Br)CC2)[nH]1. The Morgan fingerprint density at radius 2 is 2.21 bits per heavy atom. The van der Waals surface area contributed by atoms with E-state index in [2.05, 4.69) is 38.0 Å². The topological polar surface area (TPSA) is 75.0 Å². The number of nitrogens with zero attached hydrogens (tertiary/aromatic N) is 2. The molecule has 2 atom stereocenters. The van der Waals surface area contributed by atoms with Gasteiger partial charge in [0.1, 0.15) is 5.82 Å². The number of carbonyl (C=O) groups excluding carboxylic acids is 1. The second-order valence-electron chi connectivity index (χ2n) is 6.95. The van der Waals surface area contributed by atoms with Crippen LogP contribution in [0.15, 0.2) is 22.8 Å². The highest BCUT2D eigenvalue weighted by Crippen LogP contribution is 2.33. The Bertz CT molecular complexity index is 676. The minimum atomic E-state index is -0.441. The molecule has 5 nitrogen and oxygen atoms in total. The first-order valence-electron chi connectivity index (χ1n) is 8.64. The van der Waals surface area contributed by atoms with Gasteiger partial charge in [-0.3, -0.25) is 4.79 Å². The van der Waals surface area contributed by atoms with Crippen LogP contribution in [0.25, 0.3) is 5.57 Å². The lowest BCUT2D eigenvalue weighted by atomic mass is 10.0. The van der Waals surface area contributed by atoms with E-state index in [1.165, 1.54) is 10.1 Å². The molecule has 24 heavy (non-hydrogen) atoms. The molecule has 3 N–H and O–H groups in total. The van der Waals surface area contributed by atoms with Crippen LogP contribution in [-0.4, -0.2) is 33.4 Å². The van der Waals surface area contributed by atoms with E-state index in [9.17, 15) is 4.79 Å². The van der Waals surface area contributed by atoms with Gasteiger partial charge in [-0.2, -0.15) is 0 Å². The maximum Gasteiger partial charge on any atom is 0.240 e. The van der Waals surface area contributed by atoms with Crippen molar-refractivity contribution in [2.24, 2.45) is 11.7 Å². The first kappa shape index (κ1) is 17.4. The van der Waals surface area contributed by atoms with Gasteiger partial charge < -0.3 is 15.6 Å². The van der Waals surface area contributed by atoms with Crippen LogP contribution in [-0.2, 0) is 4.79 Å². The number of nitrogens with one attached hydrogen (secondary N) is 1. The number of amides is 1. The van der Waals surface area contributed by atoms with Crippen molar-refractivity contribution in [3.8, 4) is 0 Å². The summed E-state index contributed by atoms with van der Waals surface area (Å²) in [5.74, 6) is 1.05. The summed E-state index contributed by atoms with van der Waals surface area (Å²) in [4.78, 5) is 22.6. The van der Waals surface area contributed by atoms with Crippen molar-refractivity contribution in [3.63, 3.8) is 0 Å². The predicted molar refractivity (Wildman–Crippen MR) is 99.3 cm³/mol. The third-order valence-electron chi connectivity index (χ3n) is 4.89. The highest BCUT2D eigenvalue weighted by atomic mass is 79.9. The molecule has 1 aliphatic heterocycles. The number of nitrogens with two attached hydrogens (primary N) is 1. The number of hydrogen-bond acceptors (Lipinski definition) is 3. The molecule has 1 aromatic heterocycles. The van der Waals surface area contributed by atoms with Crippen molar-refractivity contribution in [2.75, 3.05) is 6.54 Å². The van der Waals surface area contributed by atoms with Crippen molar-refractivity contribution in [3.05, 3.63) is 34.3 Å². The van der Waals surface area contributed by atoms with Crippen molar-refractivity contribution >= 4 is 27.4 Å². The molecule has 1 saturated heterocycles. The van der Waals surface area contributed by atoms with Gasteiger partial charge in [-0.15, -0.1) is 0 Å². The molecule has 130 valence electrons. The molecule has 6 heteroatoms. The van der Waals surface area contributed by atoms with E-state index in [1.807, 2.05) is 24.9 Å². The van der Waals surface area contributed by atoms with Gasteiger partial charge in [0.05, 0.1) is 24.0 Å². The summed E-state index contributed by atoms with van der Waals surface area (Å²) < 4.78 is 1.22. The molecule has 0 aromatic carbocycles. The predicted octanol–water partition coefficient (Wildman–Crippen LogP) is 3.51. The van der Waals surface area contributed by atoms with Crippen LogP contribution in [0.3, 0.4) is 0 Å². The molecule has 1 amide bonds. The number of aromatic nitrogens is 2. The molecule has 2 heterocycles. The number of allylic oxidation sites excluding steroid dienone is 4. The number of halogens is 1. The highest BCUT2D eigenvalue weighted by molar-refractivity contribution is 9.11. The summed E-state index contributed by atoms with van der Waals surface area (Å²) in [6, 6.07) is -0.425. The van der Waals surface area contributed by atoms with Gasteiger partial charge in [-0.05, 0) is 41.7 Å². The maximum absolute atomic E-state index is 12.6. The van der Waals surface area contributed by atoms with Gasteiger partial charge in [0.25, 0.3) is 0 Å². The van der Waals surface area contributed by atoms with Crippen LogP contribution in [0.4, 0.5) is 0 Å². The van der Waals surface area contributed by atoms with Crippen molar-refractivity contribution in [1.29, 1.82) is 0 Å². The molecule has 3 rings (SSSR count). The monoisotopic (exact) mass is 392 g/mol. The van der Waals surface area contributed by atoms with Crippen LogP contribution < -0.4 is 5.73 Å². The van der Waals surface area contributed by atoms with Gasteiger partial charge in [0.2, 0.25) is 5.91 Å². The standard InChI is InChI=1S/C18H25BrN4O/c1-11(2)16(20)18(24)23-9-3-4-15(23)17-21-10-14(22-17)12-5-7-13(19)8-6-12/h5,7,10-11,15-16H,3-4,6,8-9,20H2,1-2H3,(H,21,22). The second-order valence-corrected chi connectivity index (χ2v) is 7.97. The quantitative estimate of drug-likeness (QED) is 0.822. The molecule has 2 unspecified atom stereocenters. The number of rotatable bonds is 4. The zero-order chi connectivity index (χ0) is 17.3. The zero-order valence-corrected chi connectivity index (χ0v) is 15.8. The van der Waals surface area contributed by atoms with Crippen LogP contribution in [0.5, 0.6) is 0 Å². The fraction of sp³-hybridized carbons (Fsp3) is 0.556. The lowest BCUT2D eigenvalue weighted by Gasteiger charge is -2.27. The number of H-pyrrole nitrogens is 1. The fourth-order valence-corrected chi connectivity index (χ4v) is 3.63. The molecule has 2 aliphatic rings. The lowest BCUT2D eigenvalue weighted by molar-refractivity contribution is -0.134. The number of carbonyl (C=O) groups is 1. The molecule has 1 aromatic rings. The van der Waals surface area contributed by atoms with E-state index in [0.717, 1.165) is 43.7 Å². The molecule has 0 radical (unpaired) electrons. The maximum atomic E-state index is 12.6. The summed E-state index contributed by atoms with van der Waals surface area (Å²) in [7, 11) is 0. The van der Waals surface area contributed by atoms with Crippen LogP contribution >= 0.6 is 15.9 Å². The third kappa shape index (κ3) is 3.49. The second kappa shape index (κ2) is 7.23. The zero-order valence-electron chi connectivity index (χ0n) is 14.3. The number of aromatic amines is 1. The first-order valence-corrected chi connectivity index (χ1v) is 9.43. The molecule has 0 spiro atoms. The van der Waals surface area contributed by atoms with E-state index >= 15 is 0 Å². The van der Waals surface area contributed by atoms with Gasteiger partial charge in [-0.1, -0.05) is 41.9 Å². The largest absolute Gasteiger partial charge is 0.341 e. The highest BCUT2D eigenvalue weighted by Gasteiger charge is 2.35. The first-order chi connectivity index (χ1) is 11.5. The van der Waals surface area contributed by atoms with Crippen LogP contribution in [0.1, 0.15) is 57.1 Å².